The largest absolute Gasteiger partial charge is 0.496 e. The van der Waals surface area contributed by atoms with E-state index in [1.54, 1.807) is 14.2 Å². The Morgan fingerprint density at radius 2 is 1.95 bits per heavy atom. The van der Waals surface area contributed by atoms with E-state index in [1.807, 2.05) is 18.2 Å². The fourth-order valence-electron chi connectivity index (χ4n) is 3.02. The van der Waals surface area contributed by atoms with Gasteiger partial charge in [0.2, 0.25) is 0 Å². The van der Waals surface area contributed by atoms with E-state index in [1.165, 1.54) is 0 Å². The van der Waals surface area contributed by atoms with Gasteiger partial charge in [0.05, 0.1) is 18.8 Å². The van der Waals surface area contributed by atoms with Crippen molar-refractivity contribution in [3.63, 3.8) is 0 Å². The highest BCUT2D eigenvalue weighted by Crippen LogP contribution is 2.40. The van der Waals surface area contributed by atoms with Crippen molar-refractivity contribution in [3.05, 3.63) is 29.8 Å². The van der Waals surface area contributed by atoms with Gasteiger partial charge in [0.25, 0.3) is 0 Å². The van der Waals surface area contributed by atoms with Crippen LogP contribution in [0.3, 0.4) is 0 Å². The number of ether oxygens (including phenoxy) is 3. The first kappa shape index (κ1) is 15.3. The molecular formula is C16H25NO3. The fraction of sp³-hybridized carbons (Fsp3) is 0.625. The maximum absolute atomic E-state index is 5.95. The second kappa shape index (κ2) is 7.07. The quantitative estimate of drug-likeness (QED) is 0.868. The van der Waals surface area contributed by atoms with Crippen molar-refractivity contribution in [2.75, 3.05) is 34.0 Å². The smallest absolute Gasteiger partial charge is 0.123 e. The fourth-order valence-corrected chi connectivity index (χ4v) is 3.02. The maximum Gasteiger partial charge on any atom is 0.123 e. The van der Waals surface area contributed by atoms with Gasteiger partial charge < -0.3 is 19.5 Å². The highest BCUT2D eigenvalue weighted by Gasteiger charge is 2.42. The Kier molecular flexibility index (Phi) is 5.40. The predicted molar refractivity (Wildman–Crippen MR) is 79.2 cm³/mol. The predicted octanol–water partition coefficient (Wildman–Crippen LogP) is 2.54. The van der Waals surface area contributed by atoms with Crippen molar-refractivity contribution in [3.8, 4) is 5.75 Å². The molecule has 20 heavy (non-hydrogen) atoms. The summed E-state index contributed by atoms with van der Waals surface area (Å²) in [7, 11) is 3.51. The molecule has 2 rings (SSSR count). The van der Waals surface area contributed by atoms with Gasteiger partial charge in [-0.1, -0.05) is 25.1 Å². The van der Waals surface area contributed by atoms with Crippen LogP contribution < -0.4 is 10.1 Å². The standard InChI is InChI=1S/C16H25NO3/c1-4-17-15(13-7-5-6-8-14(13)18-2)16(19-3)9-11-20-12-10-16/h5-8,15,17H,4,9-12H2,1-3H3. The summed E-state index contributed by atoms with van der Waals surface area (Å²) >= 11 is 0. The first-order chi connectivity index (χ1) is 9.77. The highest BCUT2D eigenvalue weighted by molar-refractivity contribution is 5.37. The Bertz CT molecular complexity index is 416. The number of para-hydroxylation sites is 1. The number of likely N-dealkylation sites (N-methyl/N-ethyl adjacent to an activating group) is 1. The van der Waals surface area contributed by atoms with E-state index in [0.717, 1.165) is 43.9 Å². The Morgan fingerprint density at radius 3 is 2.55 bits per heavy atom. The molecule has 0 aliphatic carbocycles. The van der Waals surface area contributed by atoms with Crippen LogP contribution >= 0.6 is 0 Å². The minimum Gasteiger partial charge on any atom is -0.496 e. The van der Waals surface area contributed by atoms with Crippen molar-refractivity contribution in [2.45, 2.75) is 31.4 Å². The molecule has 1 aromatic rings. The molecule has 0 radical (unpaired) electrons. The first-order valence-corrected chi connectivity index (χ1v) is 7.26. The minimum atomic E-state index is -0.233. The van der Waals surface area contributed by atoms with Crippen molar-refractivity contribution in [2.24, 2.45) is 0 Å². The SMILES string of the molecule is CCNC(c1ccccc1OC)C1(OC)CCOCC1. The van der Waals surface area contributed by atoms with Gasteiger partial charge in [0, 0.05) is 38.7 Å². The summed E-state index contributed by atoms with van der Waals surface area (Å²) in [5.74, 6) is 0.904. The van der Waals surface area contributed by atoms with Gasteiger partial charge in [0.15, 0.2) is 0 Å². The summed E-state index contributed by atoms with van der Waals surface area (Å²) in [6.07, 6.45) is 1.78. The van der Waals surface area contributed by atoms with E-state index < -0.39 is 0 Å². The van der Waals surface area contributed by atoms with Gasteiger partial charge in [-0.3, -0.25) is 0 Å². The molecule has 0 aromatic heterocycles. The Labute approximate surface area is 121 Å². The molecule has 1 saturated heterocycles. The number of nitrogens with one attached hydrogen (secondary N) is 1. The van der Waals surface area contributed by atoms with Crippen LogP contribution in [0.2, 0.25) is 0 Å². The van der Waals surface area contributed by atoms with Crippen LogP contribution in [0.5, 0.6) is 5.75 Å². The van der Waals surface area contributed by atoms with Gasteiger partial charge in [-0.05, 0) is 12.6 Å². The molecule has 0 amide bonds. The lowest BCUT2D eigenvalue weighted by Crippen LogP contribution is -2.49. The molecule has 4 nitrogen and oxygen atoms in total. The molecule has 1 aliphatic rings. The zero-order chi connectivity index (χ0) is 14.4. The maximum atomic E-state index is 5.95. The van der Waals surface area contributed by atoms with Crippen LogP contribution in [0.4, 0.5) is 0 Å². The molecule has 112 valence electrons. The molecule has 1 aliphatic heterocycles. The average molecular weight is 279 g/mol. The van der Waals surface area contributed by atoms with E-state index in [9.17, 15) is 0 Å². The lowest BCUT2D eigenvalue weighted by atomic mass is 9.81. The summed E-state index contributed by atoms with van der Waals surface area (Å²) in [6.45, 7) is 4.48. The van der Waals surface area contributed by atoms with E-state index in [2.05, 4.69) is 18.3 Å². The van der Waals surface area contributed by atoms with Crippen molar-refractivity contribution >= 4 is 0 Å². The Morgan fingerprint density at radius 1 is 1.25 bits per heavy atom. The van der Waals surface area contributed by atoms with Crippen LogP contribution in [0.25, 0.3) is 0 Å². The number of hydrogen-bond acceptors (Lipinski definition) is 4. The van der Waals surface area contributed by atoms with Gasteiger partial charge in [0.1, 0.15) is 5.75 Å². The summed E-state index contributed by atoms with van der Waals surface area (Å²) < 4.78 is 17.0. The van der Waals surface area contributed by atoms with Gasteiger partial charge in [-0.15, -0.1) is 0 Å². The monoisotopic (exact) mass is 279 g/mol. The summed E-state index contributed by atoms with van der Waals surface area (Å²) in [6, 6.07) is 8.27. The minimum absolute atomic E-state index is 0.109. The molecule has 1 heterocycles. The lowest BCUT2D eigenvalue weighted by molar-refractivity contribution is -0.111. The third-order valence-electron chi connectivity index (χ3n) is 4.13. The molecule has 1 fully saturated rings. The van der Waals surface area contributed by atoms with Crippen LogP contribution in [0.15, 0.2) is 24.3 Å². The Hall–Kier alpha value is -1.10. The number of methoxy groups -OCH3 is 2. The molecular weight excluding hydrogens is 254 g/mol. The van der Waals surface area contributed by atoms with Gasteiger partial charge >= 0.3 is 0 Å². The molecule has 0 bridgehead atoms. The van der Waals surface area contributed by atoms with Gasteiger partial charge in [-0.25, -0.2) is 0 Å². The van der Waals surface area contributed by atoms with E-state index in [-0.39, 0.29) is 11.6 Å². The third kappa shape index (κ3) is 2.97. The topological polar surface area (TPSA) is 39.7 Å². The van der Waals surface area contributed by atoms with Crippen LogP contribution in [0.1, 0.15) is 31.4 Å². The lowest BCUT2D eigenvalue weighted by Gasteiger charge is -2.43. The van der Waals surface area contributed by atoms with Crippen molar-refractivity contribution in [1.82, 2.24) is 5.32 Å². The van der Waals surface area contributed by atoms with E-state index in [0.29, 0.717) is 0 Å². The van der Waals surface area contributed by atoms with Crippen LogP contribution in [-0.2, 0) is 9.47 Å². The molecule has 1 atom stereocenters. The summed E-state index contributed by atoms with van der Waals surface area (Å²) in [5.41, 5.74) is 0.920. The molecule has 1 N–H and O–H groups in total. The average Bonchev–Trinajstić information content (AvgIpc) is 2.53. The number of hydrogen-bond donors (Lipinski definition) is 1. The first-order valence-electron chi connectivity index (χ1n) is 7.26. The van der Waals surface area contributed by atoms with Crippen molar-refractivity contribution in [1.29, 1.82) is 0 Å². The molecule has 1 aromatic carbocycles. The molecule has 0 spiro atoms. The number of benzene rings is 1. The zero-order valence-corrected chi connectivity index (χ0v) is 12.6. The van der Waals surface area contributed by atoms with E-state index >= 15 is 0 Å². The number of rotatable bonds is 6. The summed E-state index contributed by atoms with van der Waals surface area (Å²) in [5, 5.41) is 3.57. The Balaban J connectivity index is 2.38. The van der Waals surface area contributed by atoms with Crippen LogP contribution in [-0.4, -0.2) is 39.6 Å². The van der Waals surface area contributed by atoms with Crippen molar-refractivity contribution < 1.29 is 14.2 Å². The summed E-state index contributed by atoms with van der Waals surface area (Å²) in [4.78, 5) is 0. The van der Waals surface area contributed by atoms with Crippen LogP contribution in [0, 0.1) is 0 Å². The normalized spacial score (nSPS) is 19.6. The molecule has 0 saturated carbocycles. The van der Waals surface area contributed by atoms with E-state index in [4.69, 9.17) is 14.2 Å². The second-order valence-corrected chi connectivity index (χ2v) is 5.11. The second-order valence-electron chi connectivity index (χ2n) is 5.11. The van der Waals surface area contributed by atoms with Gasteiger partial charge in [-0.2, -0.15) is 0 Å². The highest BCUT2D eigenvalue weighted by atomic mass is 16.5. The molecule has 4 heteroatoms. The third-order valence-corrected chi connectivity index (χ3v) is 4.13. The molecule has 1 unspecified atom stereocenters. The zero-order valence-electron chi connectivity index (χ0n) is 12.6.